The molecule has 31 N–H and O–H groups in total. The molecule has 44 heteroatoms. The predicted octanol–water partition coefficient (Wildman–Crippen LogP) is -8.44. The fourth-order valence-corrected chi connectivity index (χ4v) is 12.9. The standard InChI is InChI=1S/C68H107N23O19S2/c1-5-35(3)52-63(107)86-45(28-51(96)97)59(103)82-41(21-14-24-77-67(72)73)57(101)91-53(36(4)6-2)64(108)89-48(62(106)85-44(27-38-18-11-8-12-19-38)58(102)83-42(65(109)110)22-15-25-78-68(74)75)34-112-111-33-47(88-60(104)46(32-93)87-54(98)39(69)31-92)61(105)84-43(26-37-16-9-7-10-17-37)55(99)80-29-49(94)79-30-50(95)81-40(56(100)90-52)20-13-23-76-66(70)71/h7-12,16-19,35-36,39-48,52-53,92-93H,5-6,13-15,20-34,69H2,1-4H3,(H,79,94)(H,80,99)(H,81,95)(H,82,103)(H,83,102)(H,84,105)(H,85,106)(H,86,107)(H,87,98)(H,88,104)(H,89,108)(H,90,100)(H,91,101)(H,96,97)(H,109,110)(H4,70,71,76)(H4,72,73,77)(H4,74,75,78)/t35-,36-,39-,40+,41-,42+,43+,44+,45+,46-,47+,48+,52-,53+/m0/s1. The minimum atomic E-state index is -2.00. The second-order valence-electron chi connectivity index (χ2n) is 26.1. The normalized spacial score (nSPS) is 21.4. The molecule has 0 unspecified atom stereocenters. The Morgan fingerprint density at radius 3 is 1.51 bits per heavy atom. The van der Waals surface area contributed by atoms with Gasteiger partial charge in [-0.2, -0.15) is 0 Å². The highest BCUT2D eigenvalue weighted by atomic mass is 33.1. The quantitative estimate of drug-likeness (QED) is 0.0137. The zero-order valence-corrected chi connectivity index (χ0v) is 64.2. The molecule has 3 rings (SSSR count). The van der Waals surface area contributed by atoms with E-state index in [1.54, 1.807) is 74.5 Å². The van der Waals surface area contributed by atoms with Gasteiger partial charge in [0, 0.05) is 44.0 Å². The van der Waals surface area contributed by atoms with Gasteiger partial charge in [0.05, 0.1) is 32.7 Å². The van der Waals surface area contributed by atoms with Crippen molar-refractivity contribution in [1.82, 2.24) is 69.1 Å². The van der Waals surface area contributed by atoms with Gasteiger partial charge in [-0.15, -0.1) is 0 Å². The van der Waals surface area contributed by atoms with Crippen molar-refractivity contribution in [3.8, 4) is 0 Å². The Morgan fingerprint density at radius 1 is 0.509 bits per heavy atom. The van der Waals surface area contributed by atoms with Crippen LogP contribution in [0.2, 0.25) is 0 Å². The number of carboxylic acids is 2. The Morgan fingerprint density at radius 2 is 0.991 bits per heavy atom. The molecule has 1 aliphatic heterocycles. The highest BCUT2D eigenvalue weighted by Crippen LogP contribution is 2.25. The number of guanidine groups is 3. The van der Waals surface area contributed by atoms with Crippen LogP contribution < -0.4 is 109 Å². The van der Waals surface area contributed by atoms with Gasteiger partial charge in [-0.3, -0.25) is 82.1 Å². The van der Waals surface area contributed by atoms with Crippen LogP contribution in [0.3, 0.4) is 0 Å². The smallest absolute Gasteiger partial charge is 0.326 e. The van der Waals surface area contributed by atoms with Gasteiger partial charge in [0.2, 0.25) is 76.8 Å². The summed E-state index contributed by atoms with van der Waals surface area (Å²) in [6.45, 7) is 2.47. The maximum atomic E-state index is 15.2. The van der Waals surface area contributed by atoms with Crippen LogP contribution in [0.4, 0.5) is 0 Å². The lowest BCUT2D eigenvalue weighted by atomic mass is 9.96. The second-order valence-corrected chi connectivity index (χ2v) is 28.6. The second kappa shape index (κ2) is 50.6. The van der Waals surface area contributed by atoms with Gasteiger partial charge in [-0.25, -0.2) is 4.79 Å². The average molecular weight is 1610 g/mol. The molecular formula is C68H107N23O19S2. The third-order valence-electron chi connectivity index (χ3n) is 17.2. The summed E-state index contributed by atoms with van der Waals surface area (Å²) in [6.07, 6.45) is -2.09. The van der Waals surface area contributed by atoms with Gasteiger partial charge in [-0.05, 0) is 61.5 Å². The molecule has 2 aromatic rings. The van der Waals surface area contributed by atoms with Gasteiger partial charge in [0.25, 0.3) is 0 Å². The molecule has 42 nitrogen and oxygen atoms in total. The monoisotopic (exact) mass is 1610 g/mol. The number of aliphatic imine (C=N–C) groups is 3. The number of carbonyl (C=O) groups excluding carboxylic acids is 13. The summed E-state index contributed by atoms with van der Waals surface area (Å²) in [6, 6.07) is -3.96. The van der Waals surface area contributed by atoms with Gasteiger partial charge >= 0.3 is 11.9 Å². The summed E-state index contributed by atoms with van der Waals surface area (Å²) in [5.74, 6) is -20.8. The molecule has 0 bridgehead atoms. The van der Waals surface area contributed by atoms with Crippen LogP contribution in [0.15, 0.2) is 75.6 Å². The van der Waals surface area contributed by atoms with Crippen molar-refractivity contribution in [3.63, 3.8) is 0 Å². The van der Waals surface area contributed by atoms with E-state index in [-0.39, 0.29) is 102 Å². The summed E-state index contributed by atoms with van der Waals surface area (Å²) in [4.78, 5) is 223. The van der Waals surface area contributed by atoms with Crippen molar-refractivity contribution in [3.05, 3.63) is 71.8 Å². The SMILES string of the molecule is CC[C@H](C)[C@@H]1NC(=O)[C@@H](CCCN=C(N)N)NC(=O)CNC(=O)CNC(=O)[C@@H](Cc2ccccc2)NC(=O)[C@H](NC(=O)[C@H](CO)NC(=O)[C@@H](N)CO)CSSC[C@H](C(=O)N[C@H](Cc2ccccc2)C(=O)N[C@H](CCCN=C(N)N)C(=O)O)NC(=O)[C@@H]([C@@H](C)CC)NC(=O)[C@H](CCCN=C(N)N)NC(=O)[C@@H](CC(=O)O)NC1=O. The number of amides is 13. The zero-order valence-electron chi connectivity index (χ0n) is 62.6. The molecule has 0 aromatic heterocycles. The van der Waals surface area contributed by atoms with Crippen LogP contribution in [-0.4, -0.2) is 257 Å². The number of benzene rings is 2. The van der Waals surface area contributed by atoms with Crippen molar-refractivity contribution < 1.29 is 92.3 Å². The number of nitrogens with zero attached hydrogens (tertiary/aromatic N) is 3. The van der Waals surface area contributed by atoms with E-state index >= 15 is 9.59 Å². The van der Waals surface area contributed by atoms with Crippen LogP contribution in [0, 0.1) is 11.8 Å². The third kappa shape index (κ3) is 35.7. The summed E-state index contributed by atoms with van der Waals surface area (Å²) in [7, 11) is 1.51. The van der Waals surface area contributed by atoms with Crippen LogP contribution in [0.5, 0.6) is 0 Å². The Labute approximate surface area is 653 Å². The Hall–Kier alpha value is -11.1. The predicted molar refractivity (Wildman–Crippen MR) is 413 cm³/mol. The molecule has 0 radical (unpaired) electrons. The van der Waals surface area contributed by atoms with Gasteiger partial charge in [-0.1, -0.05) is 123 Å². The van der Waals surface area contributed by atoms with E-state index in [9.17, 15) is 82.8 Å². The zero-order chi connectivity index (χ0) is 83.6. The number of aliphatic hydroxyl groups excluding tert-OH is 2. The maximum Gasteiger partial charge on any atom is 0.326 e. The number of aliphatic carboxylic acids is 2. The molecule has 0 spiro atoms. The summed E-state index contributed by atoms with van der Waals surface area (Å²) in [5.41, 5.74) is 39.7. The van der Waals surface area contributed by atoms with Crippen molar-refractivity contribution in [1.29, 1.82) is 0 Å². The summed E-state index contributed by atoms with van der Waals surface area (Å²) >= 11 is 0. The molecule has 112 heavy (non-hydrogen) atoms. The van der Waals surface area contributed by atoms with E-state index in [2.05, 4.69) is 84.1 Å². The number of carboxylic acid groups (broad SMARTS) is 2. The molecule has 1 saturated heterocycles. The van der Waals surface area contributed by atoms with Crippen LogP contribution >= 0.6 is 21.6 Å². The largest absolute Gasteiger partial charge is 0.481 e. The van der Waals surface area contributed by atoms with Gasteiger partial charge < -0.3 is 130 Å². The molecular weight excluding hydrogens is 1510 g/mol. The van der Waals surface area contributed by atoms with Gasteiger partial charge in [0.15, 0.2) is 17.9 Å². The van der Waals surface area contributed by atoms with Crippen LogP contribution in [0.25, 0.3) is 0 Å². The van der Waals surface area contributed by atoms with E-state index < -0.39 is 217 Å². The maximum absolute atomic E-state index is 15.2. The number of aliphatic hydroxyl groups is 2. The first-order valence-electron chi connectivity index (χ1n) is 35.9. The number of carbonyl (C=O) groups is 15. The van der Waals surface area contributed by atoms with E-state index in [1.807, 2.05) is 0 Å². The topological polar surface area (TPSA) is 713 Å². The van der Waals surface area contributed by atoms with E-state index in [0.717, 1.165) is 21.6 Å². The molecule has 0 aliphatic carbocycles. The van der Waals surface area contributed by atoms with E-state index in [1.165, 1.54) is 13.8 Å². The lowest BCUT2D eigenvalue weighted by Gasteiger charge is -2.30. The summed E-state index contributed by atoms with van der Waals surface area (Å²) in [5, 5.41) is 72.3. The molecule has 2 aromatic carbocycles. The van der Waals surface area contributed by atoms with Gasteiger partial charge in [0.1, 0.15) is 72.5 Å². The Kier molecular flexibility index (Phi) is 43.0. The minimum absolute atomic E-state index is 0.0189. The lowest BCUT2D eigenvalue weighted by molar-refractivity contribution is -0.142. The van der Waals surface area contributed by atoms with Crippen molar-refractivity contribution in [2.75, 3.05) is 57.4 Å². The molecule has 1 heterocycles. The third-order valence-corrected chi connectivity index (χ3v) is 19.6. The van der Waals surface area contributed by atoms with Crippen molar-refractivity contribution in [2.24, 2.45) is 66.9 Å². The molecule has 1 aliphatic rings. The highest BCUT2D eigenvalue weighted by Gasteiger charge is 2.39. The fourth-order valence-electron chi connectivity index (χ4n) is 10.5. The van der Waals surface area contributed by atoms with E-state index in [0.29, 0.717) is 11.1 Å². The summed E-state index contributed by atoms with van der Waals surface area (Å²) < 4.78 is 0. The first-order valence-corrected chi connectivity index (χ1v) is 38.4. The number of rotatable bonds is 33. The number of hydrogen-bond donors (Lipinski definition) is 24. The lowest BCUT2D eigenvalue weighted by Crippen LogP contribution is -2.62. The molecule has 13 amide bonds. The highest BCUT2D eigenvalue weighted by molar-refractivity contribution is 8.76. The number of nitrogens with one attached hydrogen (secondary N) is 13. The molecule has 620 valence electrons. The van der Waals surface area contributed by atoms with Crippen LogP contribution in [0.1, 0.15) is 96.6 Å². The number of hydrogen-bond acceptors (Lipinski definition) is 23. The van der Waals surface area contributed by atoms with Crippen molar-refractivity contribution >= 4 is 128 Å². The minimum Gasteiger partial charge on any atom is -0.481 e. The fraction of sp³-hybridized carbons (Fsp3) is 0.559. The van der Waals surface area contributed by atoms with Crippen LogP contribution in [-0.2, 0) is 84.8 Å². The average Bonchev–Trinajstić information content (AvgIpc) is 0.869. The van der Waals surface area contributed by atoms with Crippen molar-refractivity contribution in [2.45, 2.75) is 171 Å². The Balaban J connectivity index is 2.39. The Bertz CT molecular complexity index is 3600. The molecule has 14 atom stereocenters. The molecule has 1 fully saturated rings. The molecule has 0 saturated carbocycles. The first-order chi connectivity index (χ1) is 53.1. The number of nitrogens with two attached hydrogens (primary N) is 7. The first kappa shape index (κ1) is 95.1. The van der Waals surface area contributed by atoms with E-state index in [4.69, 9.17) is 40.1 Å².